The number of ether oxygens (including phenoxy) is 2. The number of hydrogen-bond donors (Lipinski definition) is 0. The standard InChI is InChI=1S/C7H10O4/c1-3-7(4-2)10-5(8)6(9)11-7/h3-4H2,1-2H3. The van der Waals surface area contributed by atoms with Crippen LogP contribution in [0, 0.1) is 0 Å². The molecule has 0 bridgehead atoms. The van der Waals surface area contributed by atoms with Gasteiger partial charge in [0.25, 0.3) is 5.79 Å². The van der Waals surface area contributed by atoms with Crippen molar-refractivity contribution in [3.63, 3.8) is 0 Å². The molecule has 0 N–H and O–H groups in total. The summed E-state index contributed by atoms with van der Waals surface area (Å²) in [5, 5.41) is 0. The lowest BCUT2D eigenvalue weighted by Gasteiger charge is -2.21. The average molecular weight is 158 g/mol. The van der Waals surface area contributed by atoms with Crippen LogP contribution in [0.25, 0.3) is 0 Å². The minimum absolute atomic E-state index is 0.501. The minimum Gasteiger partial charge on any atom is -0.414 e. The maximum absolute atomic E-state index is 10.6. The van der Waals surface area contributed by atoms with E-state index in [1.54, 1.807) is 13.8 Å². The molecule has 0 amide bonds. The van der Waals surface area contributed by atoms with Crippen molar-refractivity contribution in [2.24, 2.45) is 0 Å². The Bertz CT molecular complexity index is 175. The molecule has 11 heavy (non-hydrogen) atoms. The Labute approximate surface area is 64.5 Å². The molecule has 0 aromatic heterocycles. The van der Waals surface area contributed by atoms with E-state index in [1.165, 1.54) is 0 Å². The SMILES string of the molecule is CCC1(CC)OC(=O)C(=O)O1. The van der Waals surface area contributed by atoms with Gasteiger partial charge in [0.1, 0.15) is 0 Å². The fraction of sp³-hybridized carbons (Fsp3) is 0.714. The summed E-state index contributed by atoms with van der Waals surface area (Å²) in [6.45, 7) is 3.60. The van der Waals surface area contributed by atoms with Gasteiger partial charge in [-0.2, -0.15) is 0 Å². The summed E-state index contributed by atoms with van der Waals surface area (Å²) in [4.78, 5) is 21.2. The van der Waals surface area contributed by atoms with Crippen LogP contribution in [0.5, 0.6) is 0 Å². The molecule has 0 aromatic rings. The molecular weight excluding hydrogens is 148 g/mol. The van der Waals surface area contributed by atoms with Crippen LogP contribution in [-0.2, 0) is 19.1 Å². The fourth-order valence-electron chi connectivity index (χ4n) is 0.981. The van der Waals surface area contributed by atoms with E-state index in [0.717, 1.165) is 0 Å². The Balaban J connectivity index is 2.76. The van der Waals surface area contributed by atoms with E-state index < -0.39 is 17.7 Å². The van der Waals surface area contributed by atoms with Crippen molar-refractivity contribution in [1.29, 1.82) is 0 Å². The van der Waals surface area contributed by atoms with Crippen LogP contribution in [0.1, 0.15) is 26.7 Å². The molecule has 62 valence electrons. The van der Waals surface area contributed by atoms with Crippen molar-refractivity contribution < 1.29 is 19.1 Å². The summed E-state index contributed by atoms with van der Waals surface area (Å²) < 4.78 is 9.50. The molecule has 4 heteroatoms. The first-order valence-electron chi connectivity index (χ1n) is 3.60. The van der Waals surface area contributed by atoms with Crippen molar-refractivity contribution in [1.82, 2.24) is 0 Å². The van der Waals surface area contributed by atoms with E-state index >= 15 is 0 Å². The summed E-state index contributed by atoms with van der Waals surface area (Å²) in [5.74, 6) is -2.74. The van der Waals surface area contributed by atoms with Gasteiger partial charge < -0.3 is 9.47 Å². The van der Waals surface area contributed by atoms with Gasteiger partial charge in [-0.15, -0.1) is 0 Å². The van der Waals surface area contributed by atoms with E-state index in [9.17, 15) is 9.59 Å². The van der Waals surface area contributed by atoms with Gasteiger partial charge in [-0.05, 0) is 0 Å². The Kier molecular flexibility index (Phi) is 1.85. The molecule has 0 spiro atoms. The summed E-state index contributed by atoms with van der Waals surface area (Å²) in [7, 11) is 0. The van der Waals surface area contributed by atoms with Crippen molar-refractivity contribution in [3.8, 4) is 0 Å². The molecule has 1 fully saturated rings. The molecule has 1 aliphatic heterocycles. The van der Waals surface area contributed by atoms with E-state index in [4.69, 9.17) is 9.47 Å². The molecule has 0 unspecified atom stereocenters. The lowest BCUT2D eigenvalue weighted by molar-refractivity contribution is -0.180. The van der Waals surface area contributed by atoms with Crippen LogP contribution in [0.15, 0.2) is 0 Å². The monoisotopic (exact) mass is 158 g/mol. The van der Waals surface area contributed by atoms with Gasteiger partial charge in [0, 0.05) is 12.8 Å². The topological polar surface area (TPSA) is 52.6 Å². The Morgan fingerprint density at radius 2 is 1.45 bits per heavy atom. The number of esters is 2. The molecule has 0 aromatic carbocycles. The predicted molar refractivity (Wildman–Crippen MR) is 35.5 cm³/mol. The highest BCUT2D eigenvalue weighted by atomic mass is 16.8. The fourth-order valence-corrected chi connectivity index (χ4v) is 0.981. The molecule has 0 atom stereocenters. The van der Waals surface area contributed by atoms with Crippen molar-refractivity contribution >= 4 is 11.9 Å². The summed E-state index contributed by atoms with van der Waals surface area (Å²) in [5.41, 5.74) is 0. The lowest BCUT2D eigenvalue weighted by atomic mass is 10.1. The second-order valence-electron chi connectivity index (χ2n) is 2.40. The van der Waals surface area contributed by atoms with Crippen LogP contribution >= 0.6 is 0 Å². The van der Waals surface area contributed by atoms with E-state index in [-0.39, 0.29) is 0 Å². The summed E-state index contributed by atoms with van der Waals surface area (Å²) in [6.07, 6.45) is 1.00. The molecular formula is C7H10O4. The first kappa shape index (κ1) is 8.04. The molecule has 0 radical (unpaired) electrons. The van der Waals surface area contributed by atoms with Crippen LogP contribution in [0.3, 0.4) is 0 Å². The molecule has 1 saturated heterocycles. The van der Waals surface area contributed by atoms with Crippen molar-refractivity contribution in [3.05, 3.63) is 0 Å². The number of cyclic esters (lactones) is 2. The third-order valence-electron chi connectivity index (χ3n) is 1.80. The van der Waals surface area contributed by atoms with Crippen LogP contribution in [0.4, 0.5) is 0 Å². The predicted octanol–water partition coefficient (Wildman–Crippen LogP) is 0.603. The highest BCUT2D eigenvalue weighted by Gasteiger charge is 2.45. The highest BCUT2D eigenvalue weighted by molar-refractivity contribution is 6.31. The Hall–Kier alpha value is -1.06. The maximum atomic E-state index is 10.6. The van der Waals surface area contributed by atoms with E-state index in [0.29, 0.717) is 12.8 Å². The first-order chi connectivity index (χ1) is 5.13. The Morgan fingerprint density at radius 1 is 1.09 bits per heavy atom. The first-order valence-corrected chi connectivity index (χ1v) is 3.60. The zero-order valence-electron chi connectivity index (χ0n) is 6.55. The van der Waals surface area contributed by atoms with Crippen LogP contribution in [0.2, 0.25) is 0 Å². The third kappa shape index (κ3) is 1.20. The normalized spacial score (nSPS) is 21.3. The zero-order valence-corrected chi connectivity index (χ0v) is 6.55. The molecule has 1 rings (SSSR count). The number of hydrogen-bond acceptors (Lipinski definition) is 4. The van der Waals surface area contributed by atoms with Crippen molar-refractivity contribution in [2.75, 3.05) is 0 Å². The quantitative estimate of drug-likeness (QED) is 0.436. The van der Waals surface area contributed by atoms with Gasteiger partial charge in [-0.3, -0.25) is 0 Å². The van der Waals surface area contributed by atoms with E-state index in [1.807, 2.05) is 0 Å². The van der Waals surface area contributed by atoms with Gasteiger partial charge in [0.2, 0.25) is 0 Å². The van der Waals surface area contributed by atoms with Crippen molar-refractivity contribution in [2.45, 2.75) is 32.5 Å². The van der Waals surface area contributed by atoms with Gasteiger partial charge in [-0.1, -0.05) is 13.8 Å². The van der Waals surface area contributed by atoms with Crippen LogP contribution in [-0.4, -0.2) is 17.7 Å². The zero-order chi connectivity index (χ0) is 8.48. The summed E-state index contributed by atoms with van der Waals surface area (Å²) in [6, 6.07) is 0. The minimum atomic E-state index is -0.978. The molecule has 0 aliphatic carbocycles. The lowest BCUT2D eigenvalue weighted by Crippen LogP contribution is -2.28. The second-order valence-corrected chi connectivity index (χ2v) is 2.40. The highest BCUT2D eigenvalue weighted by Crippen LogP contribution is 2.27. The maximum Gasteiger partial charge on any atom is 0.420 e. The number of carbonyl (C=O) groups is 2. The number of carbonyl (C=O) groups excluding carboxylic acids is 2. The van der Waals surface area contributed by atoms with Crippen LogP contribution < -0.4 is 0 Å². The largest absolute Gasteiger partial charge is 0.420 e. The molecule has 4 nitrogen and oxygen atoms in total. The number of rotatable bonds is 2. The molecule has 0 saturated carbocycles. The molecule has 1 aliphatic rings. The van der Waals surface area contributed by atoms with Gasteiger partial charge >= 0.3 is 11.9 Å². The third-order valence-corrected chi connectivity index (χ3v) is 1.80. The Morgan fingerprint density at radius 3 is 1.64 bits per heavy atom. The molecule has 1 heterocycles. The van der Waals surface area contributed by atoms with Gasteiger partial charge in [-0.25, -0.2) is 9.59 Å². The average Bonchev–Trinajstić information content (AvgIpc) is 2.29. The smallest absolute Gasteiger partial charge is 0.414 e. The summed E-state index contributed by atoms with van der Waals surface area (Å²) >= 11 is 0. The second kappa shape index (κ2) is 2.53. The van der Waals surface area contributed by atoms with Gasteiger partial charge in [0.15, 0.2) is 0 Å². The van der Waals surface area contributed by atoms with E-state index in [2.05, 4.69) is 0 Å². The van der Waals surface area contributed by atoms with Gasteiger partial charge in [0.05, 0.1) is 0 Å².